The lowest BCUT2D eigenvalue weighted by atomic mass is 10.0. The molecule has 0 saturated heterocycles. The van der Waals surface area contributed by atoms with Crippen LogP contribution in [0.5, 0.6) is 0 Å². The number of hydrogen-bond acceptors (Lipinski definition) is 3. The molecule has 1 aliphatic heterocycles. The number of rotatable bonds is 5. The molecule has 3 unspecified atom stereocenters. The number of hydrogen-bond donors (Lipinski definition) is 1. The van der Waals surface area contributed by atoms with Crippen molar-refractivity contribution in [2.24, 2.45) is 0 Å². The zero-order valence-electron chi connectivity index (χ0n) is 11.0. The molecule has 18 heavy (non-hydrogen) atoms. The highest BCUT2D eigenvalue weighted by atomic mass is 32.2. The lowest BCUT2D eigenvalue weighted by molar-refractivity contribution is 0.471. The van der Waals surface area contributed by atoms with Gasteiger partial charge in [-0.1, -0.05) is 24.3 Å². The molecule has 0 amide bonds. The van der Waals surface area contributed by atoms with Crippen molar-refractivity contribution < 1.29 is 4.21 Å². The van der Waals surface area contributed by atoms with Crippen LogP contribution in [0.2, 0.25) is 0 Å². The third kappa shape index (κ3) is 3.84. The Morgan fingerprint density at radius 2 is 2.28 bits per heavy atom. The third-order valence-corrected chi connectivity index (χ3v) is 5.19. The van der Waals surface area contributed by atoms with E-state index in [0.29, 0.717) is 12.1 Å². The quantitative estimate of drug-likeness (QED) is 0.901. The highest BCUT2D eigenvalue weighted by Gasteiger charge is 2.21. The molecule has 2 nitrogen and oxygen atoms in total. The highest BCUT2D eigenvalue weighted by molar-refractivity contribution is 7.98. The standard InChI is InChI=1S/C14H21NOS2/c1-11(7-8-18(2)16)15-14-10-17-9-12-5-3-4-6-13(12)14/h3-6,11,14-15H,7-10H2,1-2H3. The van der Waals surface area contributed by atoms with Gasteiger partial charge >= 0.3 is 0 Å². The summed E-state index contributed by atoms with van der Waals surface area (Å²) in [6, 6.07) is 9.56. The topological polar surface area (TPSA) is 29.1 Å². The molecule has 0 spiro atoms. The summed E-state index contributed by atoms with van der Waals surface area (Å²) in [5, 5.41) is 3.68. The van der Waals surface area contributed by atoms with Gasteiger partial charge in [0.15, 0.2) is 0 Å². The van der Waals surface area contributed by atoms with Crippen LogP contribution in [0, 0.1) is 0 Å². The van der Waals surface area contributed by atoms with Gasteiger partial charge in [0, 0.05) is 46.4 Å². The maximum absolute atomic E-state index is 11.1. The Morgan fingerprint density at radius 3 is 3.06 bits per heavy atom. The zero-order valence-corrected chi connectivity index (χ0v) is 12.7. The molecule has 1 aliphatic rings. The summed E-state index contributed by atoms with van der Waals surface area (Å²) in [4.78, 5) is 0. The molecule has 2 rings (SSSR count). The number of thioether (sulfide) groups is 1. The third-order valence-electron chi connectivity index (χ3n) is 3.30. The van der Waals surface area contributed by atoms with Crippen molar-refractivity contribution in [2.45, 2.75) is 31.2 Å². The van der Waals surface area contributed by atoms with E-state index in [1.54, 1.807) is 6.26 Å². The first-order valence-electron chi connectivity index (χ1n) is 6.38. The minimum atomic E-state index is -0.683. The van der Waals surface area contributed by atoms with E-state index < -0.39 is 10.8 Å². The molecule has 1 aromatic rings. The minimum Gasteiger partial charge on any atom is -0.307 e. The van der Waals surface area contributed by atoms with Crippen molar-refractivity contribution in [2.75, 3.05) is 17.8 Å². The van der Waals surface area contributed by atoms with Crippen molar-refractivity contribution in [3.63, 3.8) is 0 Å². The van der Waals surface area contributed by atoms with E-state index >= 15 is 0 Å². The van der Waals surface area contributed by atoms with E-state index in [-0.39, 0.29) is 0 Å². The van der Waals surface area contributed by atoms with E-state index in [1.807, 2.05) is 11.8 Å². The van der Waals surface area contributed by atoms with Gasteiger partial charge in [-0.05, 0) is 24.5 Å². The lowest BCUT2D eigenvalue weighted by Crippen LogP contribution is -2.34. The second kappa shape index (κ2) is 6.73. The maximum atomic E-state index is 11.1. The molecule has 1 heterocycles. The molecule has 0 aromatic heterocycles. The van der Waals surface area contributed by atoms with E-state index in [0.717, 1.165) is 23.7 Å². The van der Waals surface area contributed by atoms with Gasteiger partial charge in [-0.25, -0.2) is 0 Å². The number of nitrogens with one attached hydrogen (secondary N) is 1. The van der Waals surface area contributed by atoms with E-state index in [9.17, 15) is 4.21 Å². The predicted molar refractivity (Wildman–Crippen MR) is 81.5 cm³/mol. The summed E-state index contributed by atoms with van der Waals surface area (Å²) in [5.74, 6) is 3.05. The van der Waals surface area contributed by atoms with Gasteiger partial charge in [0.05, 0.1) is 0 Å². The summed E-state index contributed by atoms with van der Waals surface area (Å²) in [6.45, 7) is 2.19. The first-order valence-corrected chi connectivity index (χ1v) is 9.26. The molecule has 0 radical (unpaired) electrons. The van der Waals surface area contributed by atoms with E-state index in [1.165, 1.54) is 11.1 Å². The molecule has 4 heteroatoms. The Bertz CT molecular complexity index is 422. The average Bonchev–Trinajstić information content (AvgIpc) is 2.37. The number of fused-ring (bicyclic) bond motifs is 1. The van der Waals surface area contributed by atoms with Crippen molar-refractivity contribution in [3.05, 3.63) is 35.4 Å². The van der Waals surface area contributed by atoms with Crippen LogP contribution in [0.1, 0.15) is 30.5 Å². The Morgan fingerprint density at radius 1 is 1.50 bits per heavy atom. The van der Waals surface area contributed by atoms with Gasteiger partial charge in [-0.2, -0.15) is 11.8 Å². The number of benzene rings is 1. The first kappa shape index (κ1) is 14.1. The summed E-state index contributed by atoms with van der Waals surface area (Å²) < 4.78 is 11.1. The molecule has 0 bridgehead atoms. The normalized spacial score (nSPS) is 22.2. The Hall–Kier alpha value is -0.320. The fourth-order valence-electron chi connectivity index (χ4n) is 2.29. The van der Waals surface area contributed by atoms with Crippen LogP contribution in [0.15, 0.2) is 24.3 Å². The van der Waals surface area contributed by atoms with Crippen molar-refractivity contribution in [3.8, 4) is 0 Å². The van der Waals surface area contributed by atoms with Crippen LogP contribution in [-0.4, -0.2) is 28.0 Å². The predicted octanol–water partition coefficient (Wildman–Crippen LogP) is 2.72. The van der Waals surface area contributed by atoms with Gasteiger partial charge in [0.25, 0.3) is 0 Å². The van der Waals surface area contributed by atoms with Crippen LogP contribution in [-0.2, 0) is 16.6 Å². The van der Waals surface area contributed by atoms with Gasteiger partial charge in [-0.15, -0.1) is 0 Å². The van der Waals surface area contributed by atoms with Crippen LogP contribution >= 0.6 is 11.8 Å². The van der Waals surface area contributed by atoms with Gasteiger partial charge < -0.3 is 5.32 Å². The van der Waals surface area contributed by atoms with E-state index in [2.05, 4.69) is 36.5 Å². The Kier molecular flexibility index (Phi) is 5.27. The summed E-state index contributed by atoms with van der Waals surface area (Å²) in [5.41, 5.74) is 2.90. The SMILES string of the molecule is CC(CCS(C)=O)NC1CSCc2ccccc21. The fourth-order valence-corrected chi connectivity index (χ4v) is 4.09. The average molecular weight is 283 g/mol. The highest BCUT2D eigenvalue weighted by Crippen LogP contribution is 2.31. The van der Waals surface area contributed by atoms with Gasteiger partial charge in [0.2, 0.25) is 0 Å². The van der Waals surface area contributed by atoms with E-state index in [4.69, 9.17) is 0 Å². The van der Waals surface area contributed by atoms with Crippen molar-refractivity contribution in [1.82, 2.24) is 5.32 Å². The molecule has 1 aromatic carbocycles. The first-order chi connectivity index (χ1) is 8.66. The summed E-state index contributed by atoms with van der Waals surface area (Å²) >= 11 is 1.99. The minimum absolute atomic E-state index is 0.422. The molecule has 100 valence electrons. The van der Waals surface area contributed by atoms with Crippen LogP contribution in [0.3, 0.4) is 0 Å². The van der Waals surface area contributed by atoms with Gasteiger partial charge in [-0.3, -0.25) is 4.21 Å². The van der Waals surface area contributed by atoms with Crippen LogP contribution in [0.25, 0.3) is 0 Å². The maximum Gasteiger partial charge on any atom is 0.0417 e. The molecule has 1 N–H and O–H groups in total. The smallest absolute Gasteiger partial charge is 0.0417 e. The van der Waals surface area contributed by atoms with Crippen molar-refractivity contribution in [1.29, 1.82) is 0 Å². The molecular weight excluding hydrogens is 262 g/mol. The largest absolute Gasteiger partial charge is 0.307 e. The molecular formula is C14H21NOS2. The Labute approximate surface area is 116 Å². The van der Waals surface area contributed by atoms with Gasteiger partial charge in [0.1, 0.15) is 0 Å². The molecule has 0 aliphatic carbocycles. The van der Waals surface area contributed by atoms with Crippen LogP contribution < -0.4 is 5.32 Å². The lowest BCUT2D eigenvalue weighted by Gasteiger charge is -2.29. The van der Waals surface area contributed by atoms with Crippen molar-refractivity contribution >= 4 is 22.6 Å². The zero-order chi connectivity index (χ0) is 13.0. The summed E-state index contributed by atoms with van der Waals surface area (Å²) in [7, 11) is -0.683. The summed E-state index contributed by atoms with van der Waals surface area (Å²) in [6.07, 6.45) is 2.75. The molecule has 0 fully saturated rings. The monoisotopic (exact) mass is 283 g/mol. The van der Waals surface area contributed by atoms with Crippen LogP contribution in [0.4, 0.5) is 0 Å². The Balaban J connectivity index is 1.96. The molecule has 0 saturated carbocycles. The fraction of sp³-hybridized carbons (Fsp3) is 0.571. The second-order valence-electron chi connectivity index (χ2n) is 4.90. The second-order valence-corrected chi connectivity index (χ2v) is 7.49. The molecule has 3 atom stereocenters.